The van der Waals surface area contributed by atoms with E-state index in [9.17, 15) is 14.7 Å². The minimum atomic E-state index is -1.23. The third-order valence-corrected chi connectivity index (χ3v) is 5.77. The normalized spacial score (nSPS) is 24.0. The van der Waals surface area contributed by atoms with Gasteiger partial charge in [-0.15, -0.1) is 0 Å². The van der Waals surface area contributed by atoms with Crippen LogP contribution in [0.5, 0.6) is 5.75 Å². The Morgan fingerprint density at radius 1 is 1.14 bits per heavy atom. The van der Waals surface area contributed by atoms with Gasteiger partial charge in [0, 0.05) is 18.5 Å². The summed E-state index contributed by atoms with van der Waals surface area (Å²) in [5, 5.41) is 12.9. The molecular formula is C24H29NO4. The van der Waals surface area contributed by atoms with Gasteiger partial charge in [-0.2, -0.15) is 0 Å². The first-order chi connectivity index (χ1) is 13.8. The van der Waals surface area contributed by atoms with Gasteiger partial charge < -0.3 is 15.2 Å². The highest BCUT2D eigenvalue weighted by Gasteiger charge is 2.47. The van der Waals surface area contributed by atoms with E-state index in [1.165, 1.54) is 0 Å². The molecule has 1 amide bonds. The molecule has 154 valence electrons. The summed E-state index contributed by atoms with van der Waals surface area (Å²) in [6.07, 6.45) is 1.80. The van der Waals surface area contributed by atoms with E-state index in [1.807, 2.05) is 51.1 Å². The summed E-state index contributed by atoms with van der Waals surface area (Å²) in [5.74, 6) is -0.209. The molecule has 5 heteroatoms. The molecule has 0 saturated heterocycles. The third kappa shape index (κ3) is 5.17. The van der Waals surface area contributed by atoms with Gasteiger partial charge in [-0.05, 0) is 73.9 Å². The molecule has 5 nitrogen and oxygen atoms in total. The summed E-state index contributed by atoms with van der Waals surface area (Å²) in [6, 6.07) is 15.1. The average molecular weight is 395 g/mol. The number of carbonyl (C=O) groups is 2. The fourth-order valence-electron chi connectivity index (χ4n) is 4.34. The summed E-state index contributed by atoms with van der Waals surface area (Å²) in [5.41, 5.74) is 1.79. The predicted octanol–water partition coefficient (Wildman–Crippen LogP) is 4.97. The number of hydrogen-bond acceptors (Lipinski definition) is 3. The molecule has 0 radical (unpaired) electrons. The quantitative estimate of drug-likeness (QED) is 0.724. The zero-order valence-corrected chi connectivity index (χ0v) is 17.3. The first-order valence-corrected chi connectivity index (χ1v) is 10.1. The number of benzene rings is 2. The lowest BCUT2D eigenvalue weighted by Gasteiger charge is -2.40. The summed E-state index contributed by atoms with van der Waals surface area (Å²) >= 11 is 0. The van der Waals surface area contributed by atoms with Gasteiger partial charge >= 0.3 is 5.97 Å². The highest BCUT2D eigenvalue weighted by Crippen LogP contribution is 2.41. The Labute approximate surface area is 172 Å². The lowest BCUT2D eigenvalue weighted by Crippen LogP contribution is -2.50. The van der Waals surface area contributed by atoms with Crippen LogP contribution in [0.15, 0.2) is 48.5 Å². The number of rotatable bonds is 6. The molecule has 3 rings (SSSR count). The van der Waals surface area contributed by atoms with Crippen molar-refractivity contribution in [2.75, 3.05) is 5.32 Å². The van der Waals surface area contributed by atoms with Crippen molar-refractivity contribution in [3.63, 3.8) is 0 Å². The van der Waals surface area contributed by atoms with Crippen molar-refractivity contribution in [3.05, 3.63) is 59.7 Å². The van der Waals surface area contributed by atoms with Crippen LogP contribution in [-0.4, -0.2) is 22.6 Å². The second-order valence-corrected chi connectivity index (χ2v) is 8.32. The highest BCUT2D eigenvalue weighted by atomic mass is 16.5. The van der Waals surface area contributed by atoms with Gasteiger partial charge in [-0.1, -0.05) is 31.2 Å². The number of hydrogen-bond donors (Lipinski definition) is 2. The Bertz CT molecular complexity index is 859. The van der Waals surface area contributed by atoms with Gasteiger partial charge in [-0.25, -0.2) is 4.79 Å². The first-order valence-electron chi connectivity index (χ1n) is 10.1. The molecule has 0 heterocycles. The van der Waals surface area contributed by atoms with Gasteiger partial charge in [0.05, 0.1) is 0 Å². The molecule has 29 heavy (non-hydrogen) atoms. The number of nitrogens with one attached hydrogen (secondary N) is 1. The van der Waals surface area contributed by atoms with E-state index in [0.717, 1.165) is 16.8 Å². The number of para-hydroxylation sites is 1. The predicted molar refractivity (Wildman–Crippen MR) is 113 cm³/mol. The van der Waals surface area contributed by atoms with E-state index >= 15 is 0 Å². The summed E-state index contributed by atoms with van der Waals surface area (Å²) in [6.45, 7) is 6.02. The Balaban J connectivity index is 1.63. The monoisotopic (exact) mass is 395 g/mol. The molecular weight excluding hydrogens is 366 g/mol. The van der Waals surface area contributed by atoms with Gasteiger partial charge in [0.1, 0.15) is 5.75 Å². The van der Waals surface area contributed by atoms with Crippen LogP contribution in [0.1, 0.15) is 43.7 Å². The zero-order valence-electron chi connectivity index (χ0n) is 17.3. The molecule has 2 aromatic carbocycles. The number of ether oxygens (including phenoxy) is 1. The van der Waals surface area contributed by atoms with Crippen molar-refractivity contribution in [3.8, 4) is 5.75 Å². The number of amides is 1. The minimum absolute atomic E-state index is 0.0290. The summed E-state index contributed by atoms with van der Waals surface area (Å²) in [7, 11) is 0. The van der Waals surface area contributed by atoms with Crippen LogP contribution in [0.3, 0.4) is 0 Å². The van der Waals surface area contributed by atoms with Crippen LogP contribution in [0.4, 0.5) is 5.69 Å². The largest absolute Gasteiger partial charge is 0.478 e. The van der Waals surface area contributed by atoms with Crippen LogP contribution in [0.25, 0.3) is 0 Å². The van der Waals surface area contributed by atoms with Gasteiger partial charge in [0.15, 0.2) is 0 Å². The zero-order chi connectivity index (χ0) is 21.0. The summed E-state index contributed by atoms with van der Waals surface area (Å²) < 4.78 is 5.95. The van der Waals surface area contributed by atoms with Crippen LogP contribution >= 0.6 is 0 Å². The highest BCUT2D eigenvalue weighted by molar-refractivity contribution is 5.91. The molecule has 0 spiro atoms. The maximum atomic E-state index is 12.6. The number of carbonyl (C=O) groups excluding carboxylic acids is 1. The average Bonchev–Trinajstić information content (AvgIpc) is 2.64. The number of carboxylic acid groups (broad SMARTS) is 1. The summed E-state index contributed by atoms with van der Waals surface area (Å²) in [4.78, 5) is 24.6. The molecule has 3 unspecified atom stereocenters. The van der Waals surface area contributed by atoms with E-state index in [4.69, 9.17) is 4.74 Å². The fraction of sp³-hybridized carbons (Fsp3) is 0.417. The van der Waals surface area contributed by atoms with E-state index < -0.39 is 11.6 Å². The van der Waals surface area contributed by atoms with E-state index in [0.29, 0.717) is 31.4 Å². The van der Waals surface area contributed by atoms with E-state index in [1.54, 1.807) is 12.1 Å². The first kappa shape index (κ1) is 20.9. The standard InChI is InChI=1S/C24H29NO4/c1-16-11-17(2)13-20(12-16)25-22(26)14-19-9-10-24(23(27)28,15-18(19)3)29-21-7-5-4-6-8-21/h4-8,11-13,18-19H,9-10,14-15H2,1-3H3,(H,25,26)(H,27,28). The molecule has 2 aromatic rings. The van der Waals surface area contributed by atoms with Gasteiger partial charge in [-0.3, -0.25) is 4.79 Å². The van der Waals surface area contributed by atoms with Crippen molar-refractivity contribution in [1.82, 2.24) is 0 Å². The molecule has 0 aliphatic heterocycles. The van der Waals surface area contributed by atoms with Crippen LogP contribution in [0, 0.1) is 25.7 Å². The number of anilines is 1. The fourth-order valence-corrected chi connectivity index (χ4v) is 4.34. The SMILES string of the molecule is Cc1cc(C)cc(NC(=O)CC2CCC(Oc3ccccc3)(C(=O)O)CC2C)c1. The Kier molecular flexibility index (Phi) is 6.26. The van der Waals surface area contributed by atoms with Gasteiger partial charge in [0.25, 0.3) is 0 Å². The van der Waals surface area contributed by atoms with Crippen LogP contribution in [-0.2, 0) is 9.59 Å². The van der Waals surface area contributed by atoms with Crippen LogP contribution in [0.2, 0.25) is 0 Å². The van der Waals surface area contributed by atoms with Crippen molar-refractivity contribution in [1.29, 1.82) is 0 Å². The van der Waals surface area contributed by atoms with Gasteiger partial charge in [0.2, 0.25) is 11.5 Å². The number of carboxylic acids is 1. The van der Waals surface area contributed by atoms with Crippen molar-refractivity contribution in [2.45, 2.75) is 52.1 Å². The lowest BCUT2D eigenvalue weighted by molar-refractivity contribution is -0.161. The number of aryl methyl sites for hydroxylation is 2. The molecule has 1 aliphatic carbocycles. The topological polar surface area (TPSA) is 75.6 Å². The second kappa shape index (κ2) is 8.68. The maximum absolute atomic E-state index is 12.6. The van der Waals surface area contributed by atoms with E-state index in [-0.39, 0.29) is 17.7 Å². The maximum Gasteiger partial charge on any atom is 0.348 e. The smallest absolute Gasteiger partial charge is 0.348 e. The Morgan fingerprint density at radius 3 is 2.38 bits per heavy atom. The second-order valence-electron chi connectivity index (χ2n) is 8.32. The van der Waals surface area contributed by atoms with E-state index in [2.05, 4.69) is 11.4 Å². The molecule has 1 aliphatic rings. The molecule has 0 bridgehead atoms. The Morgan fingerprint density at radius 2 is 1.79 bits per heavy atom. The van der Waals surface area contributed by atoms with Crippen molar-refractivity contribution >= 4 is 17.6 Å². The number of aliphatic carboxylic acids is 1. The molecule has 1 saturated carbocycles. The molecule has 3 atom stereocenters. The van der Waals surface area contributed by atoms with Crippen molar-refractivity contribution < 1.29 is 19.4 Å². The lowest BCUT2D eigenvalue weighted by atomic mass is 9.71. The molecule has 2 N–H and O–H groups in total. The van der Waals surface area contributed by atoms with Crippen molar-refractivity contribution in [2.24, 2.45) is 11.8 Å². The minimum Gasteiger partial charge on any atom is -0.478 e. The van der Waals surface area contributed by atoms with Crippen LogP contribution < -0.4 is 10.1 Å². The molecule has 1 fully saturated rings. The molecule has 0 aromatic heterocycles. The third-order valence-electron chi connectivity index (χ3n) is 5.77. The Hall–Kier alpha value is -2.82.